The number of halogens is 2. The van der Waals surface area contributed by atoms with Crippen LogP contribution in [-0.2, 0) is 6.42 Å². The Kier molecular flexibility index (Phi) is 6.24. The van der Waals surface area contributed by atoms with Crippen LogP contribution in [0.15, 0.2) is 54.9 Å². The zero-order valence-corrected chi connectivity index (χ0v) is 21.7. The molecular formula is C29H28Cl2N4O. The fourth-order valence-electron chi connectivity index (χ4n) is 5.22. The van der Waals surface area contributed by atoms with Crippen LogP contribution in [-0.4, -0.2) is 33.6 Å². The first-order valence-electron chi connectivity index (χ1n) is 12.5. The van der Waals surface area contributed by atoms with E-state index in [1.807, 2.05) is 24.5 Å². The Morgan fingerprint density at radius 1 is 0.972 bits per heavy atom. The zero-order chi connectivity index (χ0) is 24.8. The van der Waals surface area contributed by atoms with E-state index in [1.54, 1.807) is 12.1 Å². The number of aromatic nitrogens is 2. The van der Waals surface area contributed by atoms with Crippen LogP contribution in [0, 0.1) is 5.92 Å². The standard InChI is InChI=1S/C29H28Cl2N4O/c1-35-10-2-3-26(35)19-7-9-27(33-15-19)34-28-21(11-17-4-5-17)16-32-25-8-6-18(12-22(25)28)20-13-23(30)29(36)24(31)14-20/h6-9,12-17,26,36H,2-5,10-11H2,1H3,(H,32,33,34). The van der Waals surface area contributed by atoms with Gasteiger partial charge in [0.25, 0.3) is 0 Å². The fraction of sp³-hybridized carbons (Fsp3) is 0.310. The normalized spacial score (nSPS) is 18.1. The molecule has 1 saturated carbocycles. The summed E-state index contributed by atoms with van der Waals surface area (Å²) in [5, 5.41) is 15.1. The molecule has 2 aliphatic rings. The summed E-state index contributed by atoms with van der Waals surface area (Å²) >= 11 is 12.4. The summed E-state index contributed by atoms with van der Waals surface area (Å²) in [5.41, 5.74) is 6.20. The van der Waals surface area contributed by atoms with Gasteiger partial charge in [-0.1, -0.05) is 35.3 Å². The molecule has 6 rings (SSSR count). The van der Waals surface area contributed by atoms with Gasteiger partial charge in [-0.15, -0.1) is 0 Å². The Hall–Kier alpha value is -2.86. The number of likely N-dealkylation sites (tertiary alicyclic amines) is 1. The van der Waals surface area contributed by atoms with Crippen molar-refractivity contribution in [1.82, 2.24) is 14.9 Å². The van der Waals surface area contributed by atoms with Gasteiger partial charge in [0.2, 0.25) is 0 Å². The monoisotopic (exact) mass is 518 g/mol. The van der Waals surface area contributed by atoms with Crippen LogP contribution in [0.4, 0.5) is 11.5 Å². The van der Waals surface area contributed by atoms with Crippen LogP contribution in [0.3, 0.4) is 0 Å². The van der Waals surface area contributed by atoms with Crippen LogP contribution in [0.1, 0.15) is 42.9 Å². The van der Waals surface area contributed by atoms with Crippen LogP contribution >= 0.6 is 23.2 Å². The number of phenolic OH excluding ortho intramolecular Hbond substituents is 1. The number of rotatable bonds is 6. The lowest BCUT2D eigenvalue weighted by atomic mass is 9.99. The average molecular weight is 519 g/mol. The van der Waals surface area contributed by atoms with E-state index in [9.17, 15) is 5.11 Å². The van der Waals surface area contributed by atoms with Crippen molar-refractivity contribution in [2.45, 2.75) is 38.1 Å². The molecule has 0 bridgehead atoms. The first kappa shape index (κ1) is 23.5. The van der Waals surface area contributed by atoms with Crippen LogP contribution in [0.2, 0.25) is 10.0 Å². The maximum Gasteiger partial charge on any atom is 0.152 e. The molecule has 1 atom stereocenters. The summed E-state index contributed by atoms with van der Waals surface area (Å²) < 4.78 is 0. The molecule has 0 radical (unpaired) electrons. The van der Waals surface area contributed by atoms with Crippen LogP contribution < -0.4 is 5.32 Å². The molecule has 0 amide bonds. The lowest BCUT2D eigenvalue weighted by molar-refractivity contribution is 0.317. The van der Waals surface area contributed by atoms with Crippen molar-refractivity contribution in [3.63, 3.8) is 0 Å². The van der Waals surface area contributed by atoms with Gasteiger partial charge >= 0.3 is 0 Å². The van der Waals surface area contributed by atoms with Gasteiger partial charge in [0, 0.05) is 23.8 Å². The molecule has 1 unspecified atom stereocenters. The number of fused-ring (bicyclic) bond motifs is 1. The third kappa shape index (κ3) is 4.63. The highest BCUT2D eigenvalue weighted by atomic mass is 35.5. The average Bonchev–Trinajstić information content (AvgIpc) is 3.60. The van der Waals surface area contributed by atoms with Crippen molar-refractivity contribution < 1.29 is 5.11 Å². The maximum atomic E-state index is 9.99. The molecule has 1 aliphatic carbocycles. The molecule has 4 aromatic rings. The van der Waals surface area contributed by atoms with Gasteiger partial charge in [0.1, 0.15) is 5.82 Å². The number of nitrogens with zero attached hydrogens (tertiary/aromatic N) is 3. The summed E-state index contributed by atoms with van der Waals surface area (Å²) in [6, 6.07) is 14.3. The molecule has 5 nitrogen and oxygen atoms in total. The Morgan fingerprint density at radius 2 is 1.78 bits per heavy atom. The van der Waals surface area contributed by atoms with E-state index in [1.165, 1.54) is 36.8 Å². The Labute approximate surface area is 221 Å². The van der Waals surface area contributed by atoms with E-state index in [4.69, 9.17) is 33.2 Å². The van der Waals surface area contributed by atoms with E-state index in [0.717, 1.165) is 52.4 Å². The first-order chi connectivity index (χ1) is 17.5. The molecule has 1 aliphatic heterocycles. The number of hydrogen-bond acceptors (Lipinski definition) is 5. The largest absolute Gasteiger partial charge is 0.505 e. The number of aromatic hydroxyl groups is 1. The van der Waals surface area contributed by atoms with Gasteiger partial charge < -0.3 is 10.4 Å². The summed E-state index contributed by atoms with van der Waals surface area (Å²) in [5.74, 6) is 1.44. The van der Waals surface area contributed by atoms with Gasteiger partial charge in [-0.3, -0.25) is 9.88 Å². The summed E-state index contributed by atoms with van der Waals surface area (Å²) in [6.45, 7) is 1.14. The molecule has 36 heavy (non-hydrogen) atoms. The minimum atomic E-state index is -0.100. The van der Waals surface area contributed by atoms with E-state index in [-0.39, 0.29) is 15.8 Å². The van der Waals surface area contributed by atoms with E-state index in [0.29, 0.717) is 6.04 Å². The molecule has 2 fully saturated rings. The summed E-state index contributed by atoms with van der Waals surface area (Å²) in [6.07, 6.45) is 9.95. The molecule has 2 N–H and O–H groups in total. The van der Waals surface area contributed by atoms with E-state index in [2.05, 4.69) is 35.5 Å². The number of phenols is 1. The number of nitrogens with one attached hydrogen (secondary N) is 1. The lowest BCUT2D eigenvalue weighted by Crippen LogP contribution is -2.17. The molecule has 7 heteroatoms. The van der Waals surface area contributed by atoms with Crippen molar-refractivity contribution in [3.8, 4) is 16.9 Å². The molecule has 1 saturated heterocycles. The highest BCUT2D eigenvalue weighted by molar-refractivity contribution is 6.37. The van der Waals surface area contributed by atoms with Gasteiger partial charge in [-0.25, -0.2) is 4.98 Å². The van der Waals surface area contributed by atoms with Gasteiger partial charge in [0.15, 0.2) is 5.75 Å². The van der Waals surface area contributed by atoms with Crippen molar-refractivity contribution in [3.05, 3.63) is 76.0 Å². The van der Waals surface area contributed by atoms with Crippen molar-refractivity contribution in [1.29, 1.82) is 0 Å². The minimum Gasteiger partial charge on any atom is -0.505 e. The first-order valence-corrected chi connectivity index (χ1v) is 13.2. The second-order valence-electron chi connectivity index (χ2n) is 10.1. The maximum absolute atomic E-state index is 9.99. The van der Waals surface area contributed by atoms with Crippen molar-refractivity contribution in [2.24, 2.45) is 5.92 Å². The van der Waals surface area contributed by atoms with Gasteiger partial charge in [0.05, 0.1) is 21.2 Å². The SMILES string of the molecule is CN1CCCC1c1ccc(Nc2c(CC3CC3)cnc3ccc(-c4cc(Cl)c(O)c(Cl)c4)cc23)nc1. The van der Waals surface area contributed by atoms with Crippen LogP contribution in [0.5, 0.6) is 5.75 Å². The molecular weight excluding hydrogens is 491 g/mol. The minimum absolute atomic E-state index is 0.100. The number of anilines is 2. The predicted molar refractivity (Wildman–Crippen MR) is 147 cm³/mol. The summed E-state index contributed by atoms with van der Waals surface area (Å²) in [4.78, 5) is 12.0. The van der Waals surface area contributed by atoms with Crippen molar-refractivity contribution in [2.75, 3.05) is 18.9 Å². The Bertz CT molecular complexity index is 1410. The van der Waals surface area contributed by atoms with Gasteiger partial charge in [-0.05, 0) is 104 Å². The zero-order valence-electron chi connectivity index (χ0n) is 20.1. The van der Waals surface area contributed by atoms with Crippen molar-refractivity contribution >= 4 is 45.6 Å². The Morgan fingerprint density at radius 3 is 2.44 bits per heavy atom. The quantitative estimate of drug-likeness (QED) is 0.273. The smallest absolute Gasteiger partial charge is 0.152 e. The third-order valence-electron chi connectivity index (χ3n) is 7.45. The molecule has 0 spiro atoms. The molecule has 2 aromatic carbocycles. The van der Waals surface area contributed by atoms with Gasteiger partial charge in [-0.2, -0.15) is 0 Å². The van der Waals surface area contributed by atoms with Crippen LogP contribution in [0.25, 0.3) is 22.0 Å². The lowest BCUT2D eigenvalue weighted by Gasteiger charge is -2.20. The summed E-state index contributed by atoms with van der Waals surface area (Å²) in [7, 11) is 2.18. The third-order valence-corrected chi connectivity index (χ3v) is 8.02. The number of hydrogen-bond donors (Lipinski definition) is 2. The topological polar surface area (TPSA) is 61.3 Å². The predicted octanol–water partition coefficient (Wildman–Crippen LogP) is 7.77. The highest BCUT2D eigenvalue weighted by Crippen LogP contribution is 2.40. The van der Waals surface area contributed by atoms with E-state index >= 15 is 0 Å². The second kappa shape index (κ2) is 9.55. The molecule has 3 heterocycles. The number of pyridine rings is 2. The number of benzene rings is 2. The molecule has 2 aromatic heterocycles. The fourth-order valence-corrected chi connectivity index (χ4v) is 5.70. The Balaban J connectivity index is 1.40. The van der Waals surface area contributed by atoms with E-state index < -0.39 is 0 Å². The molecule has 184 valence electrons. The second-order valence-corrected chi connectivity index (χ2v) is 10.9. The highest BCUT2D eigenvalue weighted by Gasteiger charge is 2.25.